The second-order valence-electron chi connectivity index (χ2n) is 6.40. The zero-order valence-corrected chi connectivity index (χ0v) is 16.4. The lowest BCUT2D eigenvalue weighted by Crippen LogP contribution is -2.42. The molecule has 2 aromatic rings. The number of primary sulfonamides is 1. The summed E-state index contributed by atoms with van der Waals surface area (Å²) in [6, 6.07) is 11.1. The molecule has 29 heavy (non-hydrogen) atoms. The molecule has 0 fully saturated rings. The van der Waals surface area contributed by atoms with Crippen LogP contribution in [0.4, 0.5) is 0 Å². The van der Waals surface area contributed by atoms with Crippen LogP contribution in [0.25, 0.3) is 0 Å². The monoisotopic (exact) mass is 420 g/mol. The number of benzene rings is 2. The molecule has 1 aliphatic rings. The molecule has 0 aromatic heterocycles. The summed E-state index contributed by atoms with van der Waals surface area (Å²) in [5, 5.41) is 7.68. The Morgan fingerprint density at radius 1 is 1.21 bits per heavy atom. The Kier molecular flexibility index (Phi) is 6.04. The predicted molar refractivity (Wildman–Crippen MR) is 102 cm³/mol. The molecular weight excluding hydrogens is 400 g/mol. The van der Waals surface area contributed by atoms with Crippen LogP contribution in [0.2, 0.25) is 0 Å². The van der Waals surface area contributed by atoms with Crippen LogP contribution in [0.3, 0.4) is 0 Å². The van der Waals surface area contributed by atoms with Crippen LogP contribution < -0.4 is 19.9 Å². The number of hydrogen-bond donors (Lipinski definition) is 2. The smallest absolute Gasteiger partial charge is 0.338 e. The van der Waals surface area contributed by atoms with Gasteiger partial charge in [-0.2, -0.15) is 0 Å². The second kappa shape index (κ2) is 8.50. The summed E-state index contributed by atoms with van der Waals surface area (Å²) in [7, 11) is -3.96. The van der Waals surface area contributed by atoms with Crippen LogP contribution in [-0.2, 0) is 19.6 Å². The molecule has 1 unspecified atom stereocenters. The molecule has 0 radical (unpaired) electrons. The van der Waals surface area contributed by atoms with Crippen molar-refractivity contribution in [2.24, 2.45) is 5.14 Å². The van der Waals surface area contributed by atoms with Crippen molar-refractivity contribution in [1.29, 1.82) is 0 Å². The molecule has 0 bridgehead atoms. The van der Waals surface area contributed by atoms with Crippen LogP contribution in [0, 0.1) is 6.92 Å². The topological polar surface area (TPSA) is 134 Å². The first-order valence-corrected chi connectivity index (χ1v) is 10.2. The van der Waals surface area contributed by atoms with Crippen LogP contribution >= 0.6 is 0 Å². The van der Waals surface area contributed by atoms with E-state index in [9.17, 15) is 18.0 Å². The number of amides is 1. The average Bonchev–Trinajstić information content (AvgIpc) is 2.69. The largest absolute Gasteiger partial charge is 0.486 e. The number of sulfonamides is 1. The van der Waals surface area contributed by atoms with E-state index in [-0.39, 0.29) is 29.7 Å². The Morgan fingerprint density at radius 2 is 1.93 bits per heavy atom. The van der Waals surface area contributed by atoms with Crippen molar-refractivity contribution >= 4 is 21.9 Å². The molecule has 10 heteroatoms. The Morgan fingerprint density at radius 3 is 2.66 bits per heavy atom. The predicted octanol–water partition coefficient (Wildman–Crippen LogP) is 0.755. The van der Waals surface area contributed by atoms with Crippen molar-refractivity contribution in [1.82, 2.24) is 5.32 Å². The SMILES string of the molecule is Cc1ccc(S(N)(=O)=O)cc1C(=O)OCC(=O)NCC1COc2ccccc2O1. The maximum atomic E-state index is 12.2. The van der Waals surface area contributed by atoms with Crippen molar-refractivity contribution < 1.29 is 32.2 Å². The summed E-state index contributed by atoms with van der Waals surface area (Å²) < 4.78 is 39.1. The van der Waals surface area contributed by atoms with Crippen LogP contribution in [-0.4, -0.2) is 46.2 Å². The molecule has 154 valence electrons. The number of hydrogen-bond acceptors (Lipinski definition) is 7. The maximum absolute atomic E-state index is 12.2. The number of nitrogens with one attached hydrogen (secondary N) is 1. The number of para-hydroxylation sites is 2. The molecule has 1 atom stereocenters. The molecule has 1 heterocycles. The molecule has 1 aliphatic heterocycles. The van der Waals surface area contributed by atoms with E-state index >= 15 is 0 Å². The standard InChI is InChI=1S/C19H20N2O7S/c1-12-6-7-14(29(20,24)25)8-15(12)19(23)27-11-18(22)21-9-13-10-26-16-4-2-3-5-17(16)28-13/h2-8,13H,9-11H2,1H3,(H,21,22)(H2,20,24,25). The van der Waals surface area contributed by atoms with Crippen molar-refractivity contribution in [3.8, 4) is 11.5 Å². The van der Waals surface area contributed by atoms with E-state index in [1.807, 2.05) is 12.1 Å². The highest BCUT2D eigenvalue weighted by molar-refractivity contribution is 7.89. The van der Waals surface area contributed by atoms with Crippen LogP contribution in [0.15, 0.2) is 47.4 Å². The number of carbonyl (C=O) groups is 2. The first kappa shape index (κ1) is 20.6. The lowest BCUT2D eigenvalue weighted by molar-refractivity contribution is -0.124. The van der Waals surface area contributed by atoms with Gasteiger partial charge in [0.05, 0.1) is 17.0 Å². The molecule has 0 aliphatic carbocycles. The van der Waals surface area contributed by atoms with Crippen LogP contribution in [0.5, 0.6) is 11.5 Å². The molecule has 2 aromatic carbocycles. The summed E-state index contributed by atoms with van der Waals surface area (Å²) in [5.74, 6) is -0.119. The van der Waals surface area contributed by atoms with Gasteiger partial charge >= 0.3 is 5.97 Å². The molecule has 0 saturated heterocycles. The van der Waals surface area contributed by atoms with E-state index in [1.165, 1.54) is 12.1 Å². The Labute approximate surface area is 167 Å². The highest BCUT2D eigenvalue weighted by atomic mass is 32.2. The van der Waals surface area contributed by atoms with Gasteiger partial charge in [0.1, 0.15) is 12.7 Å². The first-order chi connectivity index (χ1) is 13.7. The fourth-order valence-corrected chi connectivity index (χ4v) is 3.19. The number of aryl methyl sites for hydroxylation is 1. The van der Waals surface area contributed by atoms with Gasteiger partial charge in [0.15, 0.2) is 18.1 Å². The molecule has 3 rings (SSSR count). The van der Waals surface area contributed by atoms with Gasteiger partial charge in [-0.1, -0.05) is 18.2 Å². The summed E-state index contributed by atoms with van der Waals surface area (Å²) in [6.45, 7) is 1.53. The van der Waals surface area contributed by atoms with E-state index < -0.39 is 28.5 Å². The molecule has 0 saturated carbocycles. The minimum absolute atomic E-state index is 0.0185. The minimum Gasteiger partial charge on any atom is -0.486 e. The molecule has 1 amide bonds. The average molecular weight is 420 g/mol. The van der Waals surface area contributed by atoms with E-state index in [4.69, 9.17) is 19.3 Å². The van der Waals surface area contributed by atoms with Crippen molar-refractivity contribution in [2.75, 3.05) is 19.8 Å². The third kappa shape index (κ3) is 5.24. The highest BCUT2D eigenvalue weighted by Crippen LogP contribution is 2.30. The van der Waals surface area contributed by atoms with Gasteiger partial charge in [0.25, 0.3) is 5.91 Å². The second-order valence-corrected chi connectivity index (χ2v) is 7.96. The van der Waals surface area contributed by atoms with E-state index in [2.05, 4.69) is 5.32 Å². The normalized spacial score (nSPS) is 15.4. The number of fused-ring (bicyclic) bond motifs is 1. The van der Waals surface area contributed by atoms with Gasteiger partial charge in [-0.25, -0.2) is 18.4 Å². The summed E-state index contributed by atoms with van der Waals surface area (Å²) >= 11 is 0. The third-order valence-electron chi connectivity index (χ3n) is 4.19. The fraction of sp³-hybridized carbons (Fsp3) is 0.263. The van der Waals surface area contributed by atoms with E-state index in [0.29, 0.717) is 17.1 Å². The summed E-state index contributed by atoms with van der Waals surface area (Å²) in [5.41, 5.74) is 0.513. The molecule has 0 spiro atoms. The number of esters is 1. The Balaban J connectivity index is 1.50. The molecule has 3 N–H and O–H groups in total. The number of carbonyl (C=O) groups excluding carboxylic acids is 2. The van der Waals surface area contributed by atoms with Gasteiger partial charge in [-0.05, 0) is 36.8 Å². The molecular formula is C19H20N2O7S. The number of ether oxygens (including phenoxy) is 3. The number of nitrogens with two attached hydrogens (primary N) is 1. The van der Waals surface area contributed by atoms with Crippen molar-refractivity contribution in [3.63, 3.8) is 0 Å². The lowest BCUT2D eigenvalue weighted by atomic mass is 10.1. The van der Waals surface area contributed by atoms with E-state index in [1.54, 1.807) is 19.1 Å². The lowest BCUT2D eigenvalue weighted by Gasteiger charge is -2.26. The van der Waals surface area contributed by atoms with Gasteiger partial charge in [-0.3, -0.25) is 4.79 Å². The van der Waals surface area contributed by atoms with Gasteiger partial charge < -0.3 is 19.5 Å². The summed E-state index contributed by atoms with van der Waals surface area (Å²) in [6.07, 6.45) is -0.377. The highest BCUT2D eigenvalue weighted by Gasteiger charge is 2.22. The third-order valence-corrected chi connectivity index (χ3v) is 5.10. The maximum Gasteiger partial charge on any atom is 0.338 e. The van der Waals surface area contributed by atoms with Crippen molar-refractivity contribution in [3.05, 3.63) is 53.6 Å². The van der Waals surface area contributed by atoms with Crippen LogP contribution in [0.1, 0.15) is 15.9 Å². The zero-order chi connectivity index (χ0) is 21.0. The van der Waals surface area contributed by atoms with E-state index in [0.717, 1.165) is 6.07 Å². The van der Waals surface area contributed by atoms with Gasteiger partial charge in [0.2, 0.25) is 10.0 Å². The quantitative estimate of drug-likeness (QED) is 0.659. The zero-order valence-electron chi connectivity index (χ0n) is 15.6. The summed E-state index contributed by atoms with van der Waals surface area (Å²) in [4.78, 5) is 24.0. The number of rotatable bonds is 6. The Bertz CT molecular complexity index is 1040. The first-order valence-electron chi connectivity index (χ1n) is 8.70. The Hall–Kier alpha value is -3.11. The molecule has 9 nitrogen and oxygen atoms in total. The van der Waals surface area contributed by atoms with Crippen molar-refractivity contribution in [2.45, 2.75) is 17.9 Å². The van der Waals surface area contributed by atoms with Gasteiger partial charge in [0, 0.05) is 0 Å². The fourth-order valence-electron chi connectivity index (χ4n) is 2.65. The minimum atomic E-state index is -3.96. The van der Waals surface area contributed by atoms with Gasteiger partial charge in [-0.15, -0.1) is 0 Å².